The molecular weight excluding hydrogens is 326 g/mol. The average molecular weight is 353 g/mol. The first-order valence-electron chi connectivity index (χ1n) is 8.45. The van der Waals surface area contributed by atoms with Crippen molar-refractivity contribution in [2.45, 2.75) is 19.3 Å². The van der Waals surface area contributed by atoms with Gasteiger partial charge in [-0.2, -0.15) is 0 Å². The largest absolute Gasteiger partial charge is 0.379 e. The Morgan fingerprint density at radius 3 is 2.56 bits per heavy atom. The van der Waals surface area contributed by atoms with E-state index in [2.05, 4.69) is 20.3 Å². The van der Waals surface area contributed by atoms with E-state index in [0.717, 1.165) is 12.8 Å². The SMILES string of the molecule is [N-]=[N+]=NCCOCCOCCOCCNC(=O)CCCc1cc[nH]c1. The fourth-order valence-electron chi connectivity index (χ4n) is 2.01. The summed E-state index contributed by atoms with van der Waals surface area (Å²) < 4.78 is 15.9. The second-order valence-electron chi connectivity index (χ2n) is 5.21. The van der Waals surface area contributed by atoms with Crippen LogP contribution >= 0.6 is 0 Å². The van der Waals surface area contributed by atoms with Crippen molar-refractivity contribution in [2.75, 3.05) is 52.7 Å². The summed E-state index contributed by atoms with van der Waals surface area (Å²) in [5, 5.41) is 6.18. The third-order valence-corrected chi connectivity index (χ3v) is 3.24. The molecule has 9 heteroatoms. The highest BCUT2D eigenvalue weighted by atomic mass is 16.5. The number of aryl methyl sites for hydroxylation is 1. The van der Waals surface area contributed by atoms with Crippen molar-refractivity contribution in [2.24, 2.45) is 5.11 Å². The van der Waals surface area contributed by atoms with Crippen molar-refractivity contribution in [3.63, 3.8) is 0 Å². The molecule has 0 aliphatic heterocycles. The van der Waals surface area contributed by atoms with Crippen molar-refractivity contribution in [1.29, 1.82) is 0 Å². The van der Waals surface area contributed by atoms with Crippen LogP contribution in [-0.4, -0.2) is 63.6 Å². The molecule has 9 nitrogen and oxygen atoms in total. The summed E-state index contributed by atoms with van der Waals surface area (Å²) in [5.41, 5.74) is 9.29. The Hall–Kier alpha value is -2.06. The van der Waals surface area contributed by atoms with Gasteiger partial charge in [-0.05, 0) is 30.0 Å². The molecular formula is C16H27N5O4. The predicted octanol–water partition coefficient (Wildman–Crippen LogP) is 1.81. The lowest BCUT2D eigenvalue weighted by atomic mass is 10.1. The molecule has 0 bridgehead atoms. The number of ether oxygens (including phenoxy) is 3. The number of hydrogen-bond acceptors (Lipinski definition) is 5. The Morgan fingerprint density at radius 2 is 1.88 bits per heavy atom. The number of carbonyl (C=O) groups excluding carboxylic acids is 1. The summed E-state index contributed by atoms with van der Waals surface area (Å²) in [4.78, 5) is 17.3. The predicted molar refractivity (Wildman–Crippen MR) is 93.2 cm³/mol. The van der Waals surface area contributed by atoms with E-state index in [0.29, 0.717) is 59.2 Å². The fraction of sp³-hybridized carbons (Fsp3) is 0.688. The van der Waals surface area contributed by atoms with Crippen molar-refractivity contribution >= 4 is 5.91 Å². The van der Waals surface area contributed by atoms with E-state index in [4.69, 9.17) is 19.7 Å². The molecule has 0 radical (unpaired) electrons. The lowest BCUT2D eigenvalue weighted by Crippen LogP contribution is -2.27. The van der Waals surface area contributed by atoms with Gasteiger partial charge in [0.25, 0.3) is 0 Å². The second-order valence-corrected chi connectivity index (χ2v) is 5.21. The number of hydrogen-bond donors (Lipinski definition) is 2. The minimum Gasteiger partial charge on any atom is -0.379 e. The van der Waals surface area contributed by atoms with Gasteiger partial charge in [-0.15, -0.1) is 0 Å². The zero-order chi connectivity index (χ0) is 18.0. The topological polar surface area (TPSA) is 121 Å². The number of H-pyrrole nitrogens is 1. The van der Waals surface area contributed by atoms with E-state index in [1.165, 1.54) is 5.56 Å². The minimum atomic E-state index is 0.0493. The number of carbonyl (C=O) groups is 1. The Kier molecular flexibility index (Phi) is 13.0. The number of nitrogens with one attached hydrogen (secondary N) is 2. The van der Waals surface area contributed by atoms with Gasteiger partial charge in [0, 0.05) is 36.8 Å². The summed E-state index contributed by atoms with van der Waals surface area (Å²) >= 11 is 0. The van der Waals surface area contributed by atoms with Crippen LogP contribution in [0.4, 0.5) is 0 Å². The third-order valence-electron chi connectivity index (χ3n) is 3.24. The Labute approximate surface area is 147 Å². The van der Waals surface area contributed by atoms with E-state index < -0.39 is 0 Å². The molecule has 0 aromatic carbocycles. The van der Waals surface area contributed by atoms with E-state index in [9.17, 15) is 4.79 Å². The zero-order valence-electron chi connectivity index (χ0n) is 14.5. The molecule has 2 N–H and O–H groups in total. The smallest absolute Gasteiger partial charge is 0.220 e. The minimum absolute atomic E-state index is 0.0493. The summed E-state index contributed by atoms with van der Waals surface area (Å²) in [5.74, 6) is 0.0493. The van der Waals surface area contributed by atoms with Crippen molar-refractivity contribution in [3.05, 3.63) is 34.5 Å². The lowest BCUT2D eigenvalue weighted by molar-refractivity contribution is -0.121. The fourth-order valence-corrected chi connectivity index (χ4v) is 2.01. The van der Waals surface area contributed by atoms with Crippen LogP contribution in [0.25, 0.3) is 10.4 Å². The molecule has 140 valence electrons. The molecule has 1 heterocycles. The molecule has 1 amide bonds. The highest BCUT2D eigenvalue weighted by Crippen LogP contribution is 2.03. The van der Waals surface area contributed by atoms with Crippen LogP contribution in [-0.2, 0) is 25.4 Å². The molecule has 0 aliphatic carbocycles. The molecule has 0 saturated carbocycles. The van der Waals surface area contributed by atoms with Crippen LogP contribution in [0.5, 0.6) is 0 Å². The maximum Gasteiger partial charge on any atom is 0.220 e. The maximum atomic E-state index is 11.6. The van der Waals surface area contributed by atoms with Gasteiger partial charge in [-0.25, -0.2) is 0 Å². The van der Waals surface area contributed by atoms with E-state index >= 15 is 0 Å². The van der Waals surface area contributed by atoms with Gasteiger partial charge in [-0.3, -0.25) is 4.79 Å². The van der Waals surface area contributed by atoms with Gasteiger partial charge < -0.3 is 24.5 Å². The van der Waals surface area contributed by atoms with E-state index in [-0.39, 0.29) is 5.91 Å². The number of rotatable bonds is 16. The Balaban J connectivity index is 1.77. The molecule has 1 aromatic heterocycles. The van der Waals surface area contributed by atoms with Gasteiger partial charge >= 0.3 is 0 Å². The monoisotopic (exact) mass is 353 g/mol. The van der Waals surface area contributed by atoms with E-state index in [1.807, 2.05) is 18.5 Å². The molecule has 0 saturated heterocycles. The van der Waals surface area contributed by atoms with Crippen LogP contribution in [0.3, 0.4) is 0 Å². The normalized spacial score (nSPS) is 10.4. The molecule has 1 aromatic rings. The summed E-state index contributed by atoms with van der Waals surface area (Å²) in [7, 11) is 0. The van der Waals surface area contributed by atoms with Crippen LogP contribution in [0.1, 0.15) is 18.4 Å². The highest BCUT2D eigenvalue weighted by molar-refractivity contribution is 5.75. The molecule has 0 fully saturated rings. The number of amides is 1. The number of azide groups is 1. The molecule has 1 rings (SSSR count). The van der Waals surface area contributed by atoms with Crippen LogP contribution in [0.2, 0.25) is 0 Å². The number of nitrogens with zero attached hydrogens (tertiary/aromatic N) is 3. The van der Waals surface area contributed by atoms with Crippen LogP contribution in [0.15, 0.2) is 23.6 Å². The van der Waals surface area contributed by atoms with Crippen LogP contribution < -0.4 is 5.32 Å². The first-order chi connectivity index (χ1) is 12.3. The third kappa shape index (κ3) is 13.0. The average Bonchev–Trinajstić information content (AvgIpc) is 3.12. The molecule has 0 spiro atoms. The zero-order valence-corrected chi connectivity index (χ0v) is 14.5. The first kappa shape index (κ1) is 21.0. The number of aromatic nitrogens is 1. The second kappa shape index (κ2) is 15.5. The quantitative estimate of drug-likeness (QED) is 0.204. The van der Waals surface area contributed by atoms with Gasteiger partial charge in [-0.1, -0.05) is 5.11 Å². The molecule has 25 heavy (non-hydrogen) atoms. The van der Waals surface area contributed by atoms with Gasteiger partial charge in [0.1, 0.15) is 0 Å². The summed E-state index contributed by atoms with van der Waals surface area (Å²) in [6, 6.07) is 2.02. The number of aromatic amines is 1. The summed E-state index contributed by atoms with van der Waals surface area (Å²) in [6.07, 6.45) is 6.09. The summed E-state index contributed by atoms with van der Waals surface area (Å²) in [6.45, 7) is 3.58. The maximum absolute atomic E-state index is 11.6. The standard InChI is InChI=1S/C16H27N5O4/c17-21-20-7-9-24-11-13-25-12-10-23-8-6-19-16(22)3-1-2-15-4-5-18-14-15/h4-5,14,18H,1-3,6-13H2,(H,19,22). The van der Waals surface area contributed by atoms with Gasteiger partial charge in [0.2, 0.25) is 5.91 Å². The lowest BCUT2D eigenvalue weighted by Gasteiger charge is -2.07. The van der Waals surface area contributed by atoms with Gasteiger partial charge in [0.15, 0.2) is 0 Å². The van der Waals surface area contributed by atoms with Crippen molar-refractivity contribution < 1.29 is 19.0 Å². The van der Waals surface area contributed by atoms with Crippen LogP contribution in [0, 0.1) is 0 Å². The van der Waals surface area contributed by atoms with Crippen molar-refractivity contribution in [3.8, 4) is 0 Å². The highest BCUT2D eigenvalue weighted by Gasteiger charge is 2.01. The first-order valence-corrected chi connectivity index (χ1v) is 8.45. The molecule has 0 aliphatic rings. The van der Waals surface area contributed by atoms with Gasteiger partial charge in [0.05, 0.1) is 39.6 Å². The van der Waals surface area contributed by atoms with E-state index in [1.54, 1.807) is 0 Å². The van der Waals surface area contributed by atoms with Crippen molar-refractivity contribution in [1.82, 2.24) is 10.3 Å². The molecule has 0 unspecified atom stereocenters. The Bertz CT molecular complexity index is 489. The molecule has 0 atom stereocenters. The Morgan fingerprint density at radius 1 is 1.16 bits per heavy atom.